The molecule has 0 amide bonds. The summed E-state index contributed by atoms with van der Waals surface area (Å²) in [4.78, 5) is 0. The van der Waals surface area contributed by atoms with E-state index in [2.05, 4.69) is 5.32 Å². The van der Waals surface area contributed by atoms with Crippen LogP contribution in [0, 0.1) is 5.92 Å². The molecule has 1 saturated heterocycles. The summed E-state index contributed by atoms with van der Waals surface area (Å²) in [6.45, 7) is 8.89. The zero-order valence-electron chi connectivity index (χ0n) is 9.94. The van der Waals surface area contributed by atoms with Crippen LogP contribution in [0.4, 0.5) is 8.78 Å². The average molecular weight is 221 g/mol. The van der Waals surface area contributed by atoms with Crippen LogP contribution in [-0.2, 0) is 4.74 Å². The number of nitrogens with one attached hydrogen (secondary N) is 1. The monoisotopic (exact) mass is 221 g/mol. The van der Waals surface area contributed by atoms with Crippen LogP contribution in [0.5, 0.6) is 0 Å². The van der Waals surface area contributed by atoms with Gasteiger partial charge in [-0.05, 0) is 5.92 Å². The van der Waals surface area contributed by atoms with E-state index in [0.29, 0.717) is 12.5 Å². The number of hydrogen-bond acceptors (Lipinski definition) is 2. The Labute approximate surface area is 90.7 Å². The van der Waals surface area contributed by atoms with Crippen LogP contribution in [-0.4, -0.2) is 25.8 Å². The summed E-state index contributed by atoms with van der Waals surface area (Å²) in [5, 5.41) is 3.05. The highest BCUT2D eigenvalue weighted by atomic mass is 19.3. The molecule has 0 spiro atoms. The van der Waals surface area contributed by atoms with Gasteiger partial charge in [0.25, 0.3) is 6.08 Å². The molecule has 1 heterocycles. The number of ether oxygens (including phenoxy) is 1. The predicted molar refractivity (Wildman–Crippen MR) is 58.0 cm³/mol. The maximum absolute atomic E-state index is 12.2. The van der Waals surface area contributed by atoms with Gasteiger partial charge in [0.05, 0.1) is 13.2 Å². The third kappa shape index (κ3) is 5.23. The van der Waals surface area contributed by atoms with Gasteiger partial charge in [-0.1, -0.05) is 27.7 Å². The van der Waals surface area contributed by atoms with Gasteiger partial charge >= 0.3 is 0 Å². The van der Waals surface area contributed by atoms with Crippen molar-refractivity contribution in [3.63, 3.8) is 0 Å². The highest BCUT2D eigenvalue weighted by Gasteiger charge is 2.19. The van der Waals surface area contributed by atoms with E-state index < -0.39 is 6.08 Å². The topological polar surface area (TPSA) is 21.3 Å². The van der Waals surface area contributed by atoms with Crippen LogP contribution in [0.15, 0.2) is 11.7 Å². The Balaban J connectivity index is 0.000000921. The van der Waals surface area contributed by atoms with E-state index in [0.717, 1.165) is 0 Å². The molecule has 1 aliphatic heterocycles. The largest absolute Gasteiger partial charge is 0.375 e. The standard InChI is InChI=1S/C9H15F2NO.C2H6/c1-6(2)8-5-13-4-7(3-12-8)9(10)11;1-2/h6,8,12H,3-5H2,1-2H3;1-2H3. The maximum atomic E-state index is 12.2. The molecule has 4 heteroatoms. The molecule has 0 aromatic heterocycles. The molecular weight excluding hydrogens is 200 g/mol. The minimum Gasteiger partial charge on any atom is -0.375 e. The molecule has 90 valence electrons. The van der Waals surface area contributed by atoms with Crippen molar-refractivity contribution >= 4 is 0 Å². The van der Waals surface area contributed by atoms with Crippen molar-refractivity contribution in [3.05, 3.63) is 11.7 Å². The minimum atomic E-state index is -1.61. The molecule has 1 unspecified atom stereocenters. The maximum Gasteiger partial charge on any atom is 0.273 e. The zero-order chi connectivity index (χ0) is 11.8. The highest BCUT2D eigenvalue weighted by molar-refractivity contribution is 5.07. The summed E-state index contributed by atoms with van der Waals surface area (Å²) >= 11 is 0. The molecule has 0 bridgehead atoms. The molecule has 2 nitrogen and oxygen atoms in total. The fourth-order valence-corrected chi connectivity index (χ4v) is 1.22. The quantitative estimate of drug-likeness (QED) is 0.735. The molecule has 1 atom stereocenters. The number of hydrogen-bond donors (Lipinski definition) is 1. The van der Waals surface area contributed by atoms with Crippen LogP contribution in [0.3, 0.4) is 0 Å². The van der Waals surface area contributed by atoms with E-state index in [9.17, 15) is 8.78 Å². The van der Waals surface area contributed by atoms with E-state index in [1.807, 2.05) is 27.7 Å². The Bertz CT molecular complexity index is 201. The predicted octanol–water partition coefficient (Wildman–Crippen LogP) is 2.81. The first-order chi connectivity index (χ1) is 7.11. The van der Waals surface area contributed by atoms with E-state index in [1.54, 1.807) is 0 Å². The van der Waals surface area contributed by atoms with Crippen LogP contribution < -0.4 is 5.32 Å². The van der Waals surface area contributed by atoms with Crippen molar-refractivity contribution < 1.29 is 13.5 Å². The second-order valence-electron chi connectivity index (χ2n) is 3.61. The first-order valence-electron chi connectivity index (χ1n) is 5.45. The molecule has 0 aromatic rings. The molecular formula is C11H21F2NO. The van der Waals surface area contributed by atoms with E-state index in [1.165, 1.54) is 0 Å². The van der Waals surface area contributed by atoms with Gasteiger partial charge in [0.2, 0.25) is 0 Å². The summed E-state index contributed by atoms with van der Waals surface area (Å²) in [5.74, 6) is 0.405. The normalized spacial score (nSPS) is 21.8. The summed E-state index contributed by atoms with van der Waals surface area (Å²) in [7, 11) is 0. The Kier molecular flexibility index (Phi) is 7.52. The molecule has 1 N–H and O–H groups in total. The van der Waals surface area contributed by atoms with Crippen molar-refractivity contribution in [2.45, 2.75) is 33.7 Å². The lowest BCUT2D eigenvalue weighted by Gasteiger charge is -2.18. The summed E-state index contributed by atoms with van der Waals surface area (Å²) in [6.07, 6.45) is -1.61. The van der Waals surface area contributed by atoms with Gasteiger partial charge in [-0.15, -0.1) is 0 Å². The summed E-state index contributed by atoms with van der Waals surface area (Å²) in [5.41, 5.74) is 0.0724. The fourth-order valence-electron chi connectivity index (χ4n) is 1.22. The average Bonchev–Trinajstić information content (AvgIpc) is 2.45. The molecule has 0 saturated carbocycles. The van der Waals surface area contributed by atoms with Crippen molar-refractivity contribution in [3.8, 4) is 0 Å². The van der Waals surface area contributed by atoms with Gasteiger partial charge in [-0.2, -0.15) is 8.78 Å². The lowest BCUT2D eigenvalue weighted by atomic mass is 10.1. The third-order valence-corrected chi connectivity index (χ3v) is 2.22. The Hall–Kier alpha value is -0.480. The molecule has 0 radical (unpaired) electrons. The lowest BCUT2D eigenvalue weighted by molar-refractivity contribution is 0.129. The van der Waals surface area contributed by atoms with Crippen molar-refractivity contribution in [2.75, 3.05) is 19.8 Å². The number of rotatable bonds is 1. The van der Waals surface area contributed by atoms with Crippen LogP contribution in [0.25, 0.3) is 0 Å². The van der Waals surface area contributed by atoms with Gasteiger partial charge in [-0.3, -0.25) is 0 Å². The van der Waals surface area contributed by atoms with Crippen LogP contribution in [0.1, 0.15) is 27.7 Å². The molecule has 0 aromatic carbocycles. The molecule has 1 aliphatic rings. The van der Waals surface area contributed by atoms with Crippen LogP contribution >= 0.6 is 0 Å². The van der Waals surface area contributed by atoms with E-state index in [4.69, 9.17) is 4.74 Å². The van der Waals surface area contributed by atoms with Crippen molar-refractivity contribution in [1.82, 2.24) is 5.32 Å². The molecule has 1 fully saturated rings. The van der Waals surface area contributed by atoms with Gasteiger partial charge in [0.15, 0.2) is 0 Å². The SMILES string of the molecule is CC.CC(C)C1COCC(=C(F)F)CN1. The van der Waals surface area contributed by atoms with Gasteiger partial charge in [0.1, 0.15) is 0 Å². The fraction of sp³-hybridized carbons (Fsp3) is 0.818. The van der Waals surface area contributed by atoms with Crippen molar-refractivity contribution in [1.29, 1.82) is 0 Å². The Morgan fingerprint density at radius 1 is 1.40 bits per heavy atom. The first kappa shape index (κ1) is 14.5. The zero-order valence-corrected chi connectivity index (χ0v) is 9.94. The highest BCUT2D eigenvalue weighted by Crippen LogP contribution is 2.13. The summed E-state index contributed by atoms with van der Waals surface area (Å²) in [6, 6.07) is 0.178. The third-order valence-electron chi connectivity index (χ3n) is 2.22. The Morgan fingerprint density at radius 3 is 2.47 bits per heavy atom. The van der Waals surface area contributed by atoms with Gasteiger partial charge in [0, 0.05) is 18.2 Å². The minimum absolute atomic E-state index is 0.0541. The smallest absolute Gasteiger partial charge is 0.273 e. The second-order valence-corrected chi connectivity index (χ2v) is 3.61. The van der Waals surface area contributed by atoms with Crippen LogP contribution in [0.2, 0.25) is 0 Å². The molecule has 1 rings (SSSR count). The van der Waals surface area contributed by atoms with Gasteiger partial charge in [-0.25, -0.2) is 0 Å². The number of halogens is 2. The van der Waals surface area contributed by atoms with Gasteiger partial charge < -0.3 is 10.1 Å². The first-order valence-corrected chi connectivity index (χ1v) is 5.45. The van der Waals surface area contributed by atoms with Crippen molar-refractivity contribution in [2.24, 2.45) is 5.92 Å². The Morgan fingerprint density at radius 2 is 2.00 bits per heavy atom. The van der Waals surface area contributed by atoms with E-state index >= 15 is 0 Å². The van der Waals surface area contributed by atoms with E-state index in [-0.39, 0.29) is 24.8 Å². The summed E-state index contributed by atoms with van der Waals surface area (Å²) < 4.78 is 29.5. The molecule has 0 aliphatic carbocycles. The lowest BCUT2D eigenvalue weighted by Crippen LogP contribution is -2.36. The molecule has 15 heavy (non-hydrogen) atoms. The second kappa shape index (κ2) is 7.77.